The zero-order chi connectivity index (χ0) is 16.5. The molecule has 0 aliphatic carbocycles. The Balaban J connectivity index is 1.91. The maximum atomic E-state index is 2.32. The summed E-state index contributed by atoms with van der Waals surface area (Å²) in [5, 5.41) is 2.60. The van der Waals surface area contributed by atoms with E-state index in [4.69, 9.17) is 0 Å². The van der Waals surface area contributed by atoms with Crippen molar-refractivity contribution in [2.45, 2.75) is 13.8 Å². The standard InChI is InChI=1S/C24H20/c1-17-13-21-16-24(20-11-7-4-8-12-20)18(2)14-22(21)15-23(17)19-9-5-3-6-10-19/h3-16H,1-2H3. The second-order valence-electron chi connectivity index (χ2n) is 6.41. The highest BCUT2D eigenvalue weighted by Crippen LogP contribution is 2.33. The van der Waals surface area contributed by atoms with E-state index in [9.17, 15) is 0 Å². The quantitative estimate of drug-likeness (QED) is 0.382. The first kappa shape index (κ1) is 14.7. The summed E-state index contributed by atoms with van der Waals surface area (Å²) >= 11 is 0. The van der Waals surface area contributed by atoms with Crippen LogP contribution in [0, 0.1) is 13.8 Å². The second kappa shape index (κ2) is 5.98. The minimum Gasteiger partial charge on any atom is -0.0622 e. The van der Waals surface area contributed by atoms with Gasteiger partial charge in [-0.15, -0.1) is 0 Å². The van der Waals surface area contributed by atoms with Crippen LogP contribution in [0.2, 0.25) is 0 Å². The zero-order valence-electron chi connectivity index (χ0n) is 14.1. The van der Waals surface area contributed by atoms with Crippen molar-refractivity contribution in [3.63, 3.8) is 0 Å². The molecule has 116 valence electrons. The lowest BCUT2D eigenvalue weighted by atomic mass is 9.92. The fraction of sp³-hybridized carbons (Fsp3) is 0.0833. The maximum Gasteiger partial charge on any atom is -0.0148 e. The summed E-state index contributed by atoms with van der Waals surface area (Å²) in [7, 11) is 0. The molecule has 24 heavy (non-hydrogen) atoms. The molecular weight excluding hydrogens is 288 g/mol. The van der Waals surface area contributed by atoms with E-state index in [1.54, 1.807) is 0 Å². The van der Waals surface area contributed by atoms with E-state index in [1.807, 2.05) is 0 Å². The number of hydrogen-bond donors (Lipinski definition) is 0. The topological polar surface area (TPSA) is 0 Å². The Bertz CT molecular complexity index is 912. The fourth-order valence-electron chi connectivity index (χ4n) is 3.43. The molecule has 0 fully saturated rings. The van der Waals surface area contributed by atoms with E-state index in [0.717, 1.165) is 0 Å². The molecular formula is C24H20. The van der Waals surface area contributed by atoms with E-state index in [2.05, 4.69) is 98.8 Å². The van der Waals surface area contributed by atoms with Gasteiger partial charge in [0.05, 0.1) is 0 Å². The summed E-state index contributed by atoms with van der Waals surface area (Å²) in [5.74, 6) is 0. The smallest absolute Gasteiger partial charge is 0.0148 e. The predicted molar refractivity (Wildman–Crippen MR) is 104 cm³/mol. The van der Waals surface area contributed by atoms with E-state index in [1.165, 1.54) is 44.2 Å². The van der Waals surface area contributed by atoms with Crippen molar-refractivity contribution in [3.05, 3.63) is 96.1 Å². The maximum absolute atomic E-state index is 2.32. The van der Waals surface area contributed by atoms with Gasteiger partial charge < -0.3 is 0 Å². The van der Waals surface area contributed by atoms with Gasteiger partial charge in [-0.1, -0.05) is 72.8 Å². The van der Waals surface area contributed by atoms with Crippen molar-refractivity contribution in [3.8, 4) is 22.3 Å². The third-order valence-electron chi connectivity index (χ3n) is 4.70. The zero-order valence-corrected chi connectivity index (χ0v) is 14.1. The Morgan fingerprint density at radius 2 is 0.833 bits per heavy atom. The van der Waals surface area contributed by atoms with E-state index < -0.39 is 0 Å². The van der Waals surface area contributed by atoms with Crippen LogP contribution in [0.1, 0.15) is 11.1 Å². The van der Waals surface area contributed by atoms with Gasteiger partial charge in [-0.3, -0.25) is 0 Å². The number of rotatable bonds is 2. The Morgan fingerprint density at radius 3 is 1.21 bits per heavy atom. The van der Waals surface area contributed by atoms with Gasteiger partial charge in [0.15, 0.2) is 0 Å². The molecule has 4 aromatic rings. The Kier molecular flexibility index (Phi) is 3.66. The molecule has 0 bridgehead atoms. The lowest BCUT2D eigenvalue weighted by Gasteiger charge is -2.12. The average molecular weight is 308 g/mol. The van der Waals surface area contributed by atoms with Crippen LogP contribution in [-0.4, -0.2) is 0 Å². The first-order valence-corrected chi connectivity index (χ1v) is 8.38. The van der Waals surface area contributed by atoms with Crippen LogP contribution < -0.4 is 0 Å². The summed E-state index contributed by atoms with van der Waals surface area (Å²) in [6, 6.07) is 30.5. The summed E-state index contributed by atoms with van der Waals surface area (Å²) in [6.07, 6.45) is 0. The number of fused-ring (bicyclic) bond motifs is 1. The van der Waals surface area contributed by atoms with Crippen molar-refractivity contribution in [1.29, 1.82) is 0 Å². The van der Waals surface area contributed by atoms with Crippen LogP contribution in [0.3, 0.4) is 0 Å². The fourth-order valence-corrected chi connectivity index (χ4v) is 3.43. The normalized spacial score (nSPS) is 10.9. The highest BCUT2D eigenvalue weighted by molar-refractivity contribution is 5.93. The van der Waals surface area contributed by atoms with Gasteiger partial charge in [0.25, 0.3) is 0 Å². The number of aryl methyl sites for hydroxylation is 2. The van der Waals surface area contributed by atoms with Gasteiger partial charge in [0.1, 0.15) is 0 Å². The molecule has 0 radical (unpaired) electrons. The molecule has 0 aliphatic rings. The van der Waals surface area contributed by atoms with Gasteiger partial charge in [0, 0.05) is 0 Å². The monoisotopic (exact) mass is 308 g/mol. The molecule has 0 amide bonds. The molecule has 0 spiro atoms. The van der Waals surface area contributed by atoms with Gasteiger partial charge in [-0.05, 0) is 70.1 Å². The first-order valence-electron chi connectivity index (χ1n) is 8.38. The third kappa shape index (κ3) is 2.61. The molecule has 0 nitrogen and oxygen atoms in total. The molecule has 0 saturated heterocycles. The first-order chi connectivity index (χ1) is 11.7. The number of benzene rings is 4. The van der Waals surface area contributed by atoms with Crippen LogP contribution in [0.5, 0.6) is 0 Å². The highest BCUT2D eigenvalue weighted by Gasteiger charge is 2.08. The van der Waals surface area contributed by atoms with Gasteiger partial charge >= 0.3 is 0 Å². The molecule has 0 atom stereocenters. The Morgan fingerprint density at radius 1 is 0.458 bits per heavy atom. The van der Waals surface area contributed by atoms with Gasteiger partial charge in [-0.2, -0.15) is 0 Å². The van der Waals surface area contributed by atoms with Crippen molar-refractivity contribution in [1.82, 2.24) is 0 Å². The van der Waals surface area contributed by atoms with E-state index in [0.29, 0.717) is 0 Å². The van der Waals surface area contributed by atoms with Gasteiger partial charge in [0.2, 0.25) is 0 Å². The lowest BCUT2D eigenvalue weighted by molar-refractivity contribution is 1.46. The van der Waals surface area contributed by atoms with Crippen LogP contribution in [0.15, 0.2) is 84.9 Å². The summed E-state index contributed by atoms with van der Waals surface area (Å²) < 4.78 is 0. The largest absolute Gasteiger partial charge is 0.0622 e. The molecule has 0 heteroatoms. The molecule has 0 aliphatic heterocycles. The van der Waals surface area contributed by atoms with Crippen LogP contribution in [0.25, 0.3) is 33.0 Å². The lowest BCUT2D eigenvalue weighted by Crippen LogP contribution is -1.88. The molecule has 0 aromatic heterocycles. The van der Waals surface area contributed by atoms with Crippen molar-refractivity contribution >= 4 is 10.8 Å². The average Bonchev–Trinajstić information content (AvgIpc) is 2.62. The van der Waals surface area contributed by atoms with Crippen LogP contribution in [-0.2, 0) is 0 Å². The van der Waals surface area contributed by atoms with Crippen LogP contribution in [0.4, 0.5) is 0 Å². The third-order valence-corrected chi connectivity index (χ3v) is 4.70. The van der Waals surface area contributed by atoms with Crippen LogP contribution >= 0.6 is 0 Å². The van der Waals surface area contributed by atoms with Gasteiger partial charge in [-0.25, -0.2) is 0 Å². The molecule has 4 rings (SSSR count). The minimum absolute atomic E-state index is 1.28. The van der Waals surface area contributed by atoms with E-state index in [-0.39, 0.29) is 0 Å². The highest BCUT2D eigenvalue weighted by atomic mass is 14.1. The van der Waals surface area contributed by atoms with E-state index >= 15 is 0 Å². The van der Waals surface area contributed by atoms with Crippen molar-refractivity contribution < 1.29 is 0 Å². The minimum atomic E-state index is 1.28. The molecule has 4 aromatic carbocycles. The predicted octanol–water partition coefficient (Wildman–Crippen LogP) is 6.79. The number of hydrogen-bond acceptors (Lipinski definition) is 0. The summed E-state index contributed by atoms with van der Waals surface area (Å²) in [5.41, 5.74) is 7.82. The van der Waals surface area contributed by atoms with Crippen molar-refractivity contribution in [2.24, 2.45) is 0 Å². The summed E-state index contributed by atoms with van der Waals surface area (Å²) in [6.45, 7) is 4.40. The molecule has 0 heterocycles. The second-order valence-corrected chi connectivity index (χ2v) is 6.41. The Hall–Kier alpha value is -2.86. The van der Waals surface area contributed by atoms with Crippen molar-refractivity contribution in [2.75, 3.05) is 0 Å². The summed E-state index contributed by atoms with van der Waals surface area (Å²) in [4.78, 5) is 0. The molecule has 0 saturated carbocycles. The molecule has 0 N–H and O–H groups in total. The SMILES string of the molecule is Cc1cc2cc(-c3ccccc3)c(C)cc2cc1-c1ccccc1. The molecule has 0 unspecified atom stereocenters. The Labute approximate surface area is 143 Å².